The second-order valence-electron chi connectivity index (χ2n) is 10.4. The Morgan fingerprint density at radius 3 is 1.44 bits per heavy atom. The van der Waals surface area contributed by atoms with E-state index in [1.54, 1.807) is 0 Å². The molecule has 0 bridgehead atoms. The highest BCUT2D eigenvalue weighted by Gasteiger charge is 2.54. The fraction of sp³-hybridized carbons (Fsp3) is 0.812. The third kappa shape index (κ3) is 13.0. The van der Waals surface area contributed by atoms with E-state index in [9.17, 15) is 5.11 Å². The highest BCUT2D eigenvalue weighted by atomic mass is 16.9. The minimum atomic E-state index is -1.44. The molecule has 4 nitrogen and oxygen atoms in total. The third-order valence-corrected chi connectivity index (χ3v) is 6.97. The van der Waals surface area contributed by atoms with Crippen molar-refractivity contribution in [3.05, 3.63) is 35.9 Å². The van der Waals surface area contributed by atoms with E-state index < -0.39 is 11.6 Å². The maximum atomic E-state index is 12.5. The van der Waals surface area contributed by atoms with Crippen molar-refractivity contribution in [3.63, 3.8) is 0 Å². The molecule has 1 rings (SSSR count). The number of hydrogen-bond donors (Lipinski definition) is 1. The Bertz CT molecular complexity index is 574. The average molecular weight is 507 g/mol. The largest absolute Gasteiger partial charge is 0.381 e. The maximum absolute atomic E-state index is 12.5. The summed E-state index contributed by atoms with van der Waals surface area (Å²) in [5.74, 6) is -1.44. The summed E-state index contributed by atoms with van der Waals surface area (Å²) >= 11 is 0. The van der Waals surface area contributed by atoms with E-state index in [4.69, 9.17) is 14.2 Å². The molecule has 0 aliphatic heterocycles. The summed E-state index contributed by atoms with van der Waals surface area (Å²) < 4.78 is 19.6. The van der Waals surface area contributed by atoms with Gasteiger partial charge in [-0.2, -0.15) is 0 Å². The zero-order valence-corrected chi connectivity index (χ0v) is 24.2. The molecule has 0 spiro atoms. The van der Waals surface area contributed by atoms with Crippen LogP contribution in [0.25, 0.3) is 0 Å². The van der Waals surface area contributed by atoms with Gasteiger partial charge in [0.25, 0.3) is 0 Å². The van der Waals surface area contributed by atoms with Gasteiger partial charge in [-0.3, -0.25) is 0 Å². The first-order valence-electron chi connectivity index (χ1n) is 15.3. The Morgan fingerprint density at radius 1 is 0.556 bits per heavy atom. The smallest absolute Gasteiger partial charge is 0.313 e. The second kappa shape index (κ2) is 21.0. The second-order valence-corrected chi connectivity index (χ2v) is 10.4. The van der Waals surface area contributed by atoms with Gasteiger partial charge in [-0.05, 0) is 31.2 Å². The highest BCUT2D eigenvalue weighted by Crippen LogP contribution is 2.38. The van der Waals surface area contributed by atoms with Crippen molar-refractivity contribution in [3.8, 4) is 0 Å². The molecule has 0 aliphatic carbocycles. The zero-order chi connectivity index (χ0) is 26.4. The standard InChI is InChI=1S/C32H58O4/c1-5-9-13-14-15-19-25-31(33,29-30-23-17-16-18-24-30)32(34-26-20-10-6-2,35-27-21-11-7-3)36-28-22-12-8-4/h16-18,23-24,33H,5-15,19-22,25-29H2,1-4H3. The van der Waals surface area contributed by atoms with Crippen LogP contribution in [0.3, 0.4) is 0 Å². The summed E-state index contributed by atoms with van der Waals surface area (Å²) in [5, 5.41) is 12.5. The van der Waals surface area contributed by atoms with Gasteiger partial charge in [-0.15, -0.1) is 0 Å². The molecule has 1 atom stereocenters. The number of hydrogen-bond acceptors (Lipinski definition) is 4. The number of rotatable bonds is 25. The fourth-order valence-corrected chi connectivity index (χ4v) is 4.68. The van der Waals surface area contributed by atoms with Crippen LogP contribution in [-0.4, -0.2) is 36.5 Å². The fourth-order valence-electron chi connectivity index (χ4n) is 4.68. The molecule has 1 unspecified atom stereocenters. The van der Waals surface area contributed by atoms with Crippen LogP contribution in [0, 0.1) is 0 Å². The molecule has 0 saturated heterocycles. The molecule has 0 heterocycles. The topological polar surface area (TPSA) is 47.9 Å². The first-order valence-corrected chi connectivity index (χ1v) is 15.3. The zero-order valence-electron chi connectivity index (χ0n) is 24.2. The molecule has 1 aromatic carbocycles. The van der Waals surface area contributed by atoms with Crippen molar-refractivity contribution in [1.29, 1.82) is 0 Å². The van der Waals surface area contributed by atoms with Crippen molar-refractivity contribution < 1.29 is 19.3 Å². The molecule has 0 amide bonds. The summed E-state index contributed by atoms with van der Waals surface area (Å²) in [6.45, 7) is 10.4. The Balaban J connectivity index is 3.22. The van der Waals surface area contributed by atoms with Crippen LogP contribution in [0.5, 0.6) is 0 Å². The van der Waals surface area contributed by atoms with E-state index in [0.29, 0.717) is 32.7 Å². The summed E-state index contributed by atoms with van der Waals surface area (Å²) in [5.41, 5.74) is -0.175. The number of ether oxygens (including phenoxy) is 3. The molecule has 1 aromatic rings. The van der Waals surface area contributed by atoms with Crippen molar-refractivity contribution in [1.82, 2.24) is 0 Å². The molecule has 0 fully saturated rings. The molecule has 0 aromatic heterocycles. The van der Waals surface area contributed by atoms with E-state index in [0.717, 1.165) is 76.2 Å². The number of benzene rings is 1. The van der Waals surface area contributed by atoms with Crippen molar-refractivity contribution in [2.24, 2.45) is 0 Å². The molecule has 0 saturated carbocycles. The molecule has 1 N–H and O–H groups in total. The van der Waals surface area contributed by atoms with E-state index in [1.807, 2.05) is 18.2 Å². The van der Waals surface area contributed by atoms with Crippen LogP contribution in [0.1, 0.15) is 136 Å². The minimum Gasteiger partial charge on any atom is -0.381 e. The Hall–Kier alpha value is -0.940. The van der Waals surface area contributed by atoms with Crippen molar-refractivity contribution in [2.45, 2.75) is 148 Å². The van der Waals surface area contributed by atoms with Gasteiger partial charge in [-0.25, -0.2) is 0 Å². The monoisotopic (exact) mass is 506 g/mol. The van der Waals surface area contributed by atoms with Crippen LogP contribution < -0.4 is 0 Å². The summed E-state index contributed by atoms with van der Waals surface area (Å²) in [6.07, 6.45) is 17.5. The molecular formula is C32H58O4. The van der Waals surface area contributed by atoms with Gasteiger partial charge < -0.3 is 19.3 Å². The lowest BCUT2D eigenvalue weighted by Gasteiger charge is -2.46. The van der Waals surface area contributed by atoms with Gasteiger partial charge >= 0.3 is 5.97 Å². The summed E-state index contributed by atoms with van der Waals surface area (Å²) in [4.78, 5) is 0. The first-order chi connectivity index (χ1) is 17.6. The maximum Gasteiger partial charge on any atom is 0.313 e. The van der Waals surface area contributed by atoms with Gasteiger partial charge in [0.1, 0.15) is 5.60 Å². The lowest BCUT2D eigenvalue weighted by atomic mass is 9.86. The van der Waals surface area contributed by atoms with Crippen LogP contribution in [0.2, 0.25) is 0 Å². The van der Waals surface area contributed by atoms with Gasteiger partial charge in [0.05, 0.1) is 19.8 Å². The minimum absolute atomic E-state index is 0.456. The first kappa shape index (κ1) is 33.1. The molecule has 210 valence electrons. The number of aliphatic hydroxyl groups is 1. The lowest BCUT2D eigenvalue weighted by molar-refractivity contribution is -0.443. The van der Waals surface area contributed by atoms with Gasteiger partial charge in [-0.1, -0.05) is 135 Å². The highest BCUT2D eigenvalue weighted by molar-refractivity contribution is 5.18. The normalized spacial score (nSPS) is 13.7. The average Bonchev–Trinajstić information content (AvgIpc) is 2.89. The summed E-state index contributed by atoms with van der Waals surface area (Å²) in [6, 6.07) is 10.3. The van der Waals surface area contributed by atoms with E-state index in [-0.39, 0.29) is 0 Å². The van der Waals surface area contributed by atoms with Gasteiger partial charge in [0.2, 0.25) is 0 Å². The molecule has 0 radical (unpaired) electrons. The number of unbranched alkanes of at least 4 members (excludes halogenated alkanes) is 11. The van der Waals surface area contributed by atoms with Crippen molar-refractivity contribution in [2.75, 3.05) is 19.8 Å². The molecule has 36 heavy (non-hydrogen) atoms. The van der Waals surface area contributed by atoms with Crippen LogP contribution in [0.15, 0.2) is 30.3 Å². The van der Waals surface area contributed by atoms with Crippen LogP contribution >= 0.6 is 0 Å². The van der Waals surface area contributed by atoms with E-state index in [1.165, 1.54) is 25.7 Å². The van der Waals surface area contributed by atoms with Crippen LogP contribution in [0.4, 0.5) is 0 Å². The third-order valence-electron chi connectivity index (χ3n) is 6.97. The lowest BCUT2D eigenvalue weighted by Crippen LogP contribution is -2.61. The molecule has 4 heteroatoms. The summed E-state index contributed by atoms with van der Waals surface area (Å²) in [7, 11) is 0. The quantitative estimate of drug-likeness (QED) is 0.106. The van der Waals surface area contributed by atoms with E-state index >= 15 is 0 Å². The Morgan fingerprint density at radius 2 is 0.972 bits per heavy atom. The van der Waals surface area contributed by atoms with E-state index in [2.05, 4.69) is 39.8 Å². The molecular weight excluding hydrogens is 448 g/mol. The van der Waals surface area contributed by atoms with Gasteiger partial charge in [0, 0.05) is 6.42 Å². The SMILES string of the molecule is CCCCCCCCC(O)(Cc1ccccc1)C(OCCCCC)(OCCCCC)OCCCCC. The van der Waals surface area contributed by atoms with Crippen LogP contribution in [-0.2, 0) is 20.6 Å². The predicted octanol–water partition coefficient (Wildman–Crippen LogP) is 8.99. The molecule has 0 aliphatic rings. The van der Waals surface area contributed by atoms with Gasteiger partial charge in [0.15, 0.2) is 0 Å². The Kier molecular flexibility index (Phi) is 19.3. The Labute approximate surface area is 223 Å². The van der Waals surface area contributed by atoms with Crippen molar-refractivity contribution >= 4 is 0 Å². The predicted molar refractivity (Wildman–Crippen MR) is 152 cm³/mol.